The molecule has 0 aromatic carbocycles. The normalized spacial score (nSPS) is 26.1. The maximum Gasteiger partial charge on any atom is 0.242 e. The van der Waals surface area contributed by atoms with Gasteiger partial charge in [-0.15, -0.1) is 0 Å². The van der Waals surface area contributed by atoms with Gasteiger partial charge in [-0.1, -0.05) is 19.3 Å². The molecule has 0 aliphatic carbocycles. The first kappa shape index (κ1) is 56.7. The third kappa shape index (κ3) is 23.2. The van der Waals surface area contributed by atoms with Gasteiger partial charge in [0.25, 0.3) is 0 Å². The second-order valence-electron chi connectivity index (χ2n) is 16.7. The summed E-state index contributed by atoms with van der Waals surface area (Å²) in [5.41, 5.74) is 0. The molecule has 64 heavy (non-hydrogen) atoms. The van der Waals surface area contributed by atoms with E-state index in [0.29, 0.717) is 77.3 Å². The van der Waals surface area contributed by atoms with Gasteiger partial charge in [0, 0.05) is 58.3 Å². The maximum absolute atomic E-state index is 13.2. The molecule has 0 radical (unpaired) electrons. The molecule has 2 saturated heterocycles. The van der Waals surface area contributed by atoms with Crippen molar-refractivity contribution in [3.05, 3.63) is 0 Å². The summed E-state index contributed by atoms with van der Waals surface area (Å²) in [7, 11) is 0. The summed E-state index contributed by atoms with van der Waals surface area (Å²) in [5, 5.41) is 73.3. The van der Waals surface area contributed by atoms with Gasteiger partial charge < -0.3 is 81.0 Å². The van der Waals surface area contributed by atoms with Crippen molar-refractivity contribution in [2.45, 2.75) is 197 Å². The zero-order valence-corrected chi connectivity index (χ0v) is 37.9. The lowest BCUT2D eigenvalue weighted by Crippen LogP contribution is -2.57. The van der Waals surface area contributed by atoms with Crippen LogP contribution in [0.3, 0.4) is 0 Å². The molecule has 0 bridgehead atoms. The Morgan fingerprint density at radius 1 is 0.469 bits per heavy atom. The van der Waals surface area contributed by atoms with Crippen LogP contribution in [0, 0.1) is 0 Å². The highest BCUT2D eigenvalue weighted by molar-refractivity contribution is 5.87. The maximum atomic E-state index is 13.2. The van der Waals surface area contributed by atoms with Crippen molar-refractivity contribution >= 4 is 35.3 Å². The molecule has 11 atom stereocenters. The van der Waals surface area contributed by atoms with Crippen molar-refractivity contribution in [2.24, 2.45) is 0 Å². The first-order valence-corrected chi connectivity index (χ1v) is 23.0. The highest BCUT2D eigenvalue weighted by Gasteiger charge is 2.43. The minimum Gasteiger partial charge on any atom is -0.388 e. The molecule has 370 valence electrons. The van der Waals surface area contributed by atoms with Gasteiger partial charge in [0.1, 0.15) is 48.4 Å². The number of carbonyl (C=O) groups excluding carboxylic acids is 6. The van der Waals surface area contributed by atoms with Gasteiger partial charge in [0.2, 0.25) is 29.5 Å². The lowest BCUT2D eigenvalue weighted by molar-refractivity contribution is -0.292. The summed E-state index contributed by atoms with van der Waals surface area (Å²) < 4.78 is 21.5. The second-order valence-corrected chi connectivity index (χ2v) is 16.7. The number of ether oxygens (including phenoxy) is 4. The highest BCUT2D eigenvalue weighted by Crippen LogP contribution is 2.22. The minimum atomic E-state index is -1.42. The number of unbranched alkanes of at least 4 members (excludes halogenated alkanes) is 7. The number of rotatable bonds is 33. The molecule has 2 heterocycles. The van der Waals surface area contributed by atoms with Gasteiger partial charge in [0.05, 0.1) is 25.4 Å². The summed E-state index contributed by atoms with van der Waals surface area (Å²) in [6.45, 7) is 5.72. The molecule has 5 amide bonds. The average molecular weight is 920 g/mol. The van der Waals surface area contributed by atoms with Crippen molar-refractivity contribution < 1.29 is 78.4 Å². The molecule has 11 N–H and O–H groups in total. The Balaban J connectivity index is 1.62. The van der Waals surface area contributed by atoms with Gasteiger partial charge in [-0.25, -0.2) is 0 Å². The summed E-state index contributed by atoms with van der Waals surface area (Å²) in [6.07, 6.45) is -3.03. The van der Waals surface area contributed by atoms with E-state index < -0.39 is 67.5 Å². The second kappa shape index (κ2) is 32.3. The van der Waals surface area contributed by atoms with Crippen LogP contribution in [0.25, 0.3) is 0 Å². The molecule has 21 heteroatoms. The number of carbonyl (C=O) groups is 6. The molecule has 0 aromatic heterocycles. The zero-order chi connectivity index (χ0) is 47.4. The monoisotopic (exact) mass is 920 g/mol. The number of Topliss-reactive ketones (excluding diaryl/α,β-unsaturated/α-hetero) is 1. The fraction of sp³-hybridized carbons (Fsp3) is 0.860. The Morgan fingerprint density at radius 3 is 1.34 bits per heavy atom. The fourth-order valence-electron chi connectivity index (χ4n) is 7.04. The molecule has 21 nitrogen and oxygen atoms in total. The van der Waals surface area contributed by atoms with Gasteiger partial charge >= 0.3 is 0 Å². The van der Waals surface area contributed by atoms with Crippen molar-refractivity contribution in [1.82, 2.24) is 26.6 Å². The van der Waals surface area contributed by atoms with Crippen LogP contribution < -0.4 is 26.6 Å². The lowest BCUT2D eigenvalue weighted by atomic mass is 10.0. The standard InChI is InChI=1S/C43H77N5O16/c1-27(49)15-7-4-5-8-20-34(53)48-30(41(60)47-22-13-6-9-17-32(51)45-23-25-61-42-39(58)37(56)35(54)28(2)63-42)16-12-14-21-44-31(50)18-10-11-19-33(52)46-24-26-62-43-40(59)38(57)36(55)29(3)64-43/h28-30,35-40,42-43,54-59H,4-26H2,1-3H3,(H,44,50)(H,45,51)(H,46,52)(H,47,60)(H,48,53)/t28-,29-,30-,35+,36+,37+,38+,39-,40-,42+,43+/m0/s1. The van der Waals surface area contributed by atoms with Gasteiger partial charge in [-0.3, -0.25) is 24.0 Å². The number of ketones is 1. The SMILES string of the molecule is CC(=O)CCCCCCC(=O)N[C@@H](CCCCNC(=O)CCCCC(=O)NCCO[C@@H]1O[C@@H](C)[C@@H](O)[C@@H](O)[C@@H]1O)C(=O)NCCCCCC(=O)NCCO[C@@H]1O[C@@H](C)[C@@H](O)[C@@H](O)[C@@H]1O. The zero-order valence-electron chi connectivity index (χ0n) is 37.9. The summed E-state index contributed by atoms with van der Waals surface area (Å²) in [5.74, 6) is -1.01. The third-order valence-corrected chi connectivity index (χ3v) is 11.0. The van der Waals surface area contributed by atoms with E-state index in [9.17, 15) is 59.4 Å². The van der Waals surface area contributed by atoms with Gasteiger partial charge in [-0.2, -0.15) is 0 Å². The quantitative estimate of drug-likeness (QED) is 0.0346. The summed E-state index contributed by atoms with van der Waals surface area (Å²) >= 11 is 0. The van der Waals surface area contributed by atoms with Crippen molar-refractivity contribution in [3.63, 3.8) is 0 Å². The van der Waals surface area contributed by atoms with Crippen molar-refractivity contribution in [3.8, 4) is 0 Å². The topological polar surface area (TPSA) is 321 Å². The largest absolute Gasteiger partial charge is 0.388 e. The van der Waals surface area contributed by atoms with E-state index in [0.717, 1.165) is 19.3 Å². The van der Waals surface area contributed by atoms with E-state index in [4.69, 9.17) is 18.9 Å². The Hall–Kier alpha value is -3.38. The van der Waals surface area contributed by atoms with Gasteiger partial charge in [-0.05, 0) is 78.6 Å². The molecule has 2 aliphatic heterocycles. The molecule has 2 fully saturated rings. The predicted octanol–water partition coefficient (Wildman–Crippen LogP) is -1.16. The lowest BCUT2D eigenvalue weighted by Gasteiger charge is -2.38. The minimum absolute atomic E-state index is 0.0185. The van der Waals surface area contributed by atoms with E-state index in [-0.39, 0.29) is 87.3 Å². The number of aliphatic hydroxyl groups excluding tert-OH is 6. The van der Waals surface area contributed by atoms with Crippen LogP contribution in [0.5, 0.6) is 0 Å². The Kier molecular flexibility index (Phi) is 28.7. The molecule has 0 aromatic rings. The summed E-state index contributed by atoms with van der Waals surface area (Å²) in [4.78, 5) is 73.9. The Labute approximate surface area is 376 Å². The van der Waals surface area contributed by atoms with Gasteiger partial charge in [0.15, 0.2) is 12.6 Å². The fourth-order valence-corrected chi connectivity index (χ4v) is 7.04. The molecule has 0 unspecified atom stereocenters. The number of amides is 5. The molecule has 2 aliphatic rings. The van der Waals surface area contributed by atoms with Crippen LogP contribution in [0.2, 0.25) is 0 Å². The number of nitrogens with one attached hydrogen (secondary N) is 5. The molecule has 0 saturated carbocycles. The Bertz CT molecular complexity index is 1400. The molecular weight excluding hydrogens is 842 g/mol. The van der Waals surface area contributed by atoms with Crippen LogP contribution in [0.1, 0.15) is 130 Å². The first-order chi connectivity index (χ1) is 30.5. The van der Waals surface area contributed by atoms with Crippen LogP contribution in [0.15, 0.2) is 0 Å². The van der Waals surface area contributed by atoms with E-state index in [2.05, 4.69) is 26.6 Å². The Morgan fingerprint density at radius 2 is 0.859 bits per heavy atom. The van der Waals surface area contributed by atoms with E-state index in [1.807, 2.05) is 0 Å². The molecule has 2 rings (SSSR count). The number of hydrogen-bond acceptors (Lipinski definition) is 16. The van der Waals surface area contributed by atoms with Crippen LogP contribution in [0.4, 0.5) is 0 Å². The number of aliphatic hydroxyl groups is 6. The van der Waals surface area contributed by atoms with Crippen LogP contribution >= 0.6 is 0 Å². The first-order valence-electron chi connectivity index (χ1n) is 23.0. The van der Waals surface area contributed by atoms with Crippen molar-refractivity contribution in [1.29, 1.82) is 0 Å². The van der Waals surface area contributed by atoms with Crippen LogP contribution in [-0.2, 0) is 47.7 Å². The van der Waals surface area contributed by atoms with Crippen LogP contribution in [-0.4, -0.2) is 173 Å². The van der Waals surface area contributed by atoms with E-state index in [1.165, 1.54) is 0 Å². The average Bonchev–Trinajstić information content (AvgIpc) is 3.26. The van der Waals surface area contributed by atoms with Crippen molar-refractivity contribution in [2.75, 3.05) is 39.4 Å². The third-order valence-electron chi connectivity index (χ3n) is 11.0. The summed E-state index contributed by atoms with van der Waals surface area (Å²) in [6, 6.07) is -0.763. The number of hydrogen-bond donors (Lipinski definition) is 11. The molecule has 0 spiro atoms. The molecular formula is C43H77N5O16. The highest BCUT2D eigenvalue weighted by atomic mass is 16.7. The van der Waals surface area contributed by atoms with E-state index >= 15 is 0 Å². The predicted molar refractivity (Wildman–Crippen MR) is 230 cm³/mol. The smallest absolute Gasteiger partial charge is 0.242 e. The van der Waals surface area contributed by atoms with E-state index in [1.54, 1.807) is 20.8 Å².